The summed E-state index contributed by atoms with van der Waals surface area (Å²) in [5.74, 6) is 0.0168. The molecule has 3 N–H and O–H groups in total. The summed E-state index contributed by atoms with van der Waals surface area (Å²) in [5.41, 5.74) is 6.59. The number of hydrogen-bond acceptors (Lipinski definition) is 5. The highest BCUT2D eigenvalue weighted by molar-refractivity contribution is 7.91. The van der Waals surface area contributed by atoms with Gasteiger partial charge in [0, 0.05) is 6.07 Å². The van der Waals surface area contributed by atoms with E-state index in [2.05, 4.69) is 0 Å². The maximum Gasteiger partial charge on any atom is 0.181 e. The van der Waals surface area contributed by atoms with Crippen molar-refractivity contribution in [3.8, 4) is 5.75 Å². The van der Waals surface area contributed by atoms with E-state index in [0.717, 1.165) is 0 Å². The van der Waals surface area contributed by atoms with Crippen LogP contribution in [0.3, 0.4) is 0 Å². The molecule has 0 bridgehead atoms. The van der Waals surface area contributed by atoms with Crippen LogP contribution in [0.1, 0.15) is 5.56 Å². The Labute approximate surface area is 94.8 Å². The van der Waals surface area contributed by atoms with Crippen LogP contribution in [0, 0.1) is 6.92 Å². The lowest BCUT2D eigenvalue weighted by atomic mass is 10.2. The Kier molecular flexibility index (Phi) is 3.77. The van der Waals surface area contributed by atoms with Crippen molar-refractivity contribution in [3.63, 3.8) is 0 Å². The molecule has 0 amide bonds. The van der Waals surface area contributed by atoms with Crippen LogP contribution in [0.2, 0.25) is 0 Å². The fraction of sp³-hybridized carbons (Fsp3) is 0.400. The molecule has 16 heavy (non-hydrogen) atoms. The number of rotatable bonds is 4. The van der Waals surface area contributed by atoms with E-state index >= 15 is 0 Å². The second kappa shape index (κ2) is 4.71. The second-order valence-corrected chi connectivity index (χ2v) is 5.48. The number of anilines is 1. The van der Waals surface area contributed by atoms with Crippen molar-refractivity contribution < 1.29 is 18.3 Å². The first kappa shape index (κ1) is 12.8. The van der Waals surface area contributed by atoms with Gasteiger partial charge in [-0.1, -0.05) is 0 Å². The average Bonchev–Trinajstić information content (AvgIpc) is 2.17. The predicted octanol–water partition coefficient (Wildman–Crippen LogP) is 0.352. The summed E-state index contributed by atoms with van der Waals surface area (Å²) in [7, 11) is -2.06. The molecule has 0 heterocycles. The molecule has 0 aliphatic rings. The molecular weight excluding hydrogens is 230 g/mol. The largest absolute Gasteiger partial charge is 0.495 e. The molecule has 0 aliphatic carbocycles. The van der Waals surface area contributed by atoms with Crippen LogP contribution in [0.25, 0.3) is 0 Å². The second-order valence-electron chi connectivity index (χ2n) is 3.40. The number of aryl methyl sites for hydroxylation is 1. The summed E-state index contributed by atoms with van der Waals surface area (Å²) in [6.45, 7) is 1.24. The Morgan fingerprint density at radius 2 is 2.06 bits per heavy atom. The van der Waals surface area contributed by atoms with E-state index < -0.39 is 16.4 Å². The molecule has 1 aromatic rings. The van der Waals surface area contributed by atoms with Gasteiger partial charge in [-0.25, -0.2) is 8.42 Å². The van der Waals surface area contributed by atoms with E-state index in [0.29, 0.717) is 17.0 Å². The lowest BCUT2D eigenvalue weighted by Gasteiger charge is -2.11. The molecule has 0 saturated carbocycles. The molecule has 0 aliphatic heterocycles. The number of ether oxygens (including phenoxy) is 1. The standard InChI is InChI=1S/C10H15NO4S/c1-7-5-8(11)9(15-2)6-10(7)16(13,14)4-3-12/h5-6,12H,3-4,11H2,1-2H3. The monoisotopic (exact) mass is 245 g/mol. The van der Waals surface area contributed by atoms with Gasteiger partial charge in [0.1, 0.15) is 5.75 Å². The molecule has 0 saturated heterocycles. The zero-order valence-electron chi connectivity index (χ0n) is 9.23. The number of nitrogens with two attached hydrogens (primary N) is 1. The average molecular weight is 245 g/mol. The summed E-state index contributed by atoms with van der Waals surface area (Å²) in [4.78, 5) is 0.146. The summed E-state index contributed by atoms with van der Waals surface area (Å²) >= 11 is 0. The molecular formula is C10H15NO4S. The minimum Gasteiger partial charge on any atom is -0.495 e. The fourth-order valence-corrected chi connectivity index (χ4v) is 2.73. The third-order valence-corrected chi connectivity index (χ3v) is 4.05. The Morgan fingerprint density at radius 3 is 2.56 bits per heavy atom. The topological polar surface area (TPSA) is 89.6 Å². The summed E-state index contributed by atoms with van der Waals surface area (Å²) in [6.07, 6.45) is 0. The number of aliphatic hydroxyl groups excluding tert-OH is 1. The molecule has 90 valence electrons. The lowest BCUT2D eigenvalue weighted by Crippen LogP contribution is -2.12. The van der Waals surface area contributed by atoms with Crippen molar-refractivity contribution in [2.75, 3.05) is 25.2 Å². The molecule has 0 radical (unpaired) electrons. The van der Waals surface area contributed by atoms with Crippen LogP contribution >= 0.6 is 0 Å². The first-order chi connectivity index (χ1) is 7.42. The van der Waals surface area contributed by atoms with Gasteiger partial charge in [0.05, 0.1) is 30.1 Å². The normalized spacial score (nSPS) is 11.4. The fourth-order valence-electron chi connectivity index (χ4n) is 1.43. The molecule has 0 unspecified atom stereocenters. The number of aliphatic hydroxyl groups is 1. The maximum absolute atomic E-state index is 11.8. The first-order valence-corrected chi connectivity index (χ1v) is 6.35. The summed E-state index contributed by atoms with van der Waals surface area (Å²) in [5, 5.41) is 8.70. The molecule has 0 aromatic heterocycles. The zero-order chi connectivity index (χ0) is 12.3. The van der Waals surface area contributed by atoms with E-state index in [1.54, 1.807) is 13.0 Å². The number of hydrogen-bond donors (Lipinski definition) is 2. The molecule has 0 fully saturated rings. The van der Waals surface area contributed by atoms with Crippen LogP contribution in [-0.4, -0.2) is 33.0 Å². The predicted molar refractivity (Wildman–Crippen MR) is 61.3 cm³/mol. The maximum atomic E-state index is 11.8. The highest BCUT2D eigenvalue weighted by Gasteiger charge is 2.18. The molecule has 1 rings (SSSR count). The third kappa shape index (κ3) is 2.45. The van der Waals surface area contributed by atoms with Gasteiger partial charge >= 0.3 is 0 Å². The van der Waals surface area contributed by atoms with E-state index in [4.69, 9.17) is 15.6 Å². The highest BCUT2D eigenvalue weighted by atomic mass is 32.2. The Bertz CT molecular complexity index is 482. The van der Waals surface area contributed by atoms with E-state index in [1.165, 1.54) is 13.2 Å². The van der Waals surface area contributed by atoms with Crippen molar-refractivity contribution in [1.29, 1.82) is 0 Å². The van der Waals surface area contributed by atoms with Crippen molar-refractivity contribution in [2.24, 2.45) is 0 Å². The summed E-state index contributed by atoms with van der Waals surface area (Å²) < 4.78 is 28.5. The molecule has 0 spiro atoms. The van der Waals surface area contributed by atoms with E-state index in [1.807, 2.05) is 0 Å². The van der Waals surface area contributed by atoms with Gasteiger partial charge in [0.2, 0.25) is 0 Å². The number of nitrogen functional groups attached to an aromatic ring is 1. The van der Waals surface area contributed by atoms with Gasteiger partial charge in [0.15, 0.2) is 9.84 Å². The van der Waals surface area contributed by atoms with Gasteiger partial charge in [0.25, 0.3) is 0 Å². The minimum atomic E-state index is -3.48. The number of benzene rings is 1. The molecule has 0 atom stereocenters. The number of sulfone groups is 1. The quantitative estimate of drug-likeness (QED) is 0.747. The van der Waals surface area contributed by atoms with Crippen molar-refractivity contribution in [3.05, 3.63) is 17.7 Å². The van der Waals surface area contributed by atoms with Gasteiger partial charge in [-0.3, -0.25) is 0 Å². The van der Waals surface area contributed by atoms with Crippen molar-refractivity contribution >= 4 is 15.5 Å². The smallest absolute Gasteiger partial charge is 0.181 e. The number of methoxy groups -OCH3 is 1. The summed E-state index contributed by atoms with van der Waals surface area (Å²) in [6, 6.07) is 2.93. The Balaban J connectivity index is 3.34. The van der Waals surface area contributed by atoms with Crippen molar-refractivity contribution in [1.82, 2.24) is 0 Å². The van der Waals surface area contributed by atoms with Crippen LogP contribution in [0.5, 0.6) is 5.75 Å². The Morgan fingerprint density at radius 1 is 1.44 bits per heavy atom. The lowest BCUT2D eigenvalue weighted by molar-refractivity contribution is 0.319. The molecule has 5 nitrogen and oxygen atoms in total. The zero-order valence-corrected chi connectivity index (χ0v) is 10.0. The van der Waals surface area contributed by atoms with Crippen molar-refractivity contribution in [2.45, 2.75) is 11.8 Å². The van der Waals surface area contributed by atoms with Gasteiger partial charge in [-0.05, 0) is 18.6 Å². The van der Waals surface area contributed by atoms with Gasteiger partial charge < -0.3 is 15.6 Å². The van der Waals surface area contributed by atoms with Crippen LogP contribution in [-0.2, 0) is 9.84 Å². The van der Waals surface area contributed by atoms with Crippen LogP contribution < -0.4 is 10.5 Å². The van der Waals surface area contributed by atoms with Crippen LogP contribution in [0.4, 0.5) is 5.69 Å². The SMILES string of the molecule is COc1cc(S(=O)(=O)CCO)c(C)cc1N. The van der Waals surface area contributed by atoms with E-state index in [-0.39, 0.29) is 10.6 Å². The van der Waals surface area contributed by atoms with Gasteiger partial charge in [-0.15, -0.1) is 0 Å². The van der Waals surface area contributed by atoms with Crippen LogP contribution in [0.15, 0.2) is 17.0 Å². The molecule has 6 heteroatoms. The molecule has 1 aromatic carbocycles. The Hall–Kier alpha value is -1.27. The van der Waals surface area contributed by atoms with Gasteiger partial charge in [-0.2, -0.15) is 0 Å². The minimum absolute atomic E-state index is 0.146. The first-order valence-electron chi connectivity index (χ1n) is 4.70. The van der Waals surface area contributed by atoms with E-state index in [9.17, 15) is 8.42 Å². The highest BCUT2D eigenvalue weighted by Crippen LogP contribution is 2.28. The third-order valence-electron chi connectivity index (χ3n) is 2.22.